The van der Waals surface area contributed by atoms with Crippen molar-refractivity contribution in [3.05, 3.63) is 59.4 Å². The zero-order valence-corrected chi connectivity index (χ0v) is 13.9. The van der Waals surface area contributed by atoms with Crippen LogP contribution in [0.2, 0.25) is 0 Å². The highest BCUT2D eigenvalue weighted by molar-refractivity contribution is 6.09. The molecule has 0 atom stereocenters. The van der Waals surface area contributed by atoms with Gasteiger partial charge in [0.15, 0.2) is 11.5 Å². The van der Waals surface area contributed by atoms with Gasteiger partial charge in [0, 0.05) is 5.69 Å². The summed E-state index contributed by atoms with van der Waals surface area (Å²) in [4.78, 5) is 12.2. The number of halogens is 1. The normalized spacial score (nSPS) is 10.7. The molecule has 0 aliphatic heterocycles. The standard InChI is InChI=1S/C19H17FN2O3/c1-3-25-17-9-4-13(11-18(17)24-2)10-14(12-21)19(23)22-16-7-5-15(20)6-8-16/h4-11H,3H2,1-2H3,(H,22,23)/b14-10+. The summed E-state index contributed by atoms with van der Waals surface area (Å²) >= 11 is 0. The number of carbonyl (C=O) groups excluding carboxylic acids is 1. The summed E-state index contributed by atoms with van der Waals surface area (Å²) < 4.78 is 23.6. The number of ether oxygens (including phenoxy) is 2. The summed E-state index contributed by atoms with van der Waals surface area (Å²) in [6, 6.07) is 12.3. The van der Waals surface area contributed by atoms with Crippen molar-refractivity contribution in [2.75, 3.05) is 19.0 Å². The maximum atomic E-state index is 12.9. The Morgan fingerprint density at radius 2 is 1.96 bits per heavy atom. The predicted molar refractivity (Wildman–Crippen MR) is 92.8 cm³/mol. The first kappa shape index (κ1) is 18.0. The molecule has 0 spiro atoms. The van der Waals surface area contributed by atoms with E-state index in [2.05, 4.69) is 5.32 Å². The minimum Gasteiger partial charge on any atom is -0.493 e. The van der Waals surface area contributed by atoms with E-state index in [-0.39, 0.29) is 5.57 Å². The molecule has 2 aromatic rings. The Labute approximate surface area is 145 Å². The van der Waals surface area contributed by atoms with E-state index in [0.29, 0.717) is 29.4 Å². The molecule has 0 radical (unpaired) electrons. The van der Waals surface area contributed by atoms with Crippen LogP contribution in [0.1, 0.15) is 12.5 Å². The summed E-state index contributed by atoms with van der Waals surface area (Å²) in [5, 5.41) is 11.8. The lowest BCUT2D eigenvalue weighted by molar-refractivity contribution is -0.112. The lowest BCUT2D eigenvalue weighted by Gasteiger charge is -2.10. The van der Waals surface area contributed by atoms with Crippen LogP contribution < -0.4 is 14.8 Å². The maximum absolute atomic E-state index is 12.9. The van der Waals surface area contributed by atoms with E-state index in [1.807, 2.05) is 13.0 Å². The molecule has 128 valence electrons. The van der Waals surface area contributed by atoms with Crippen molar-refractivity contribution in [2.45, 2.75) is 6.92 Å². The van der Waals surface area contributed by atoms with Crippen molar-refractivity contribution in [2.24, 2.45) is 0 Å². The molecule has 0 aliphatic carbocycles. The molecule has 2 aromatic carbocycles. The molecular weight excluding hydrogens is 323 g/mol. The van der Waals surface area contributed by atoms with Gasteiger partial charge < -0.3 is 14.8 Å². The first-order valence-corrected chi connectivity index (χ1v) is 7.57. The predicted octanol–water partition coefficient (Wildman–Crippen LogP) is 3.78. The number of rotatable bonds is 6. The molecule has 1 amide bonds. The van der Waals surface area contributed by atoms with Crippen molar-refractivity contribution in [3.63, 3.8) is 0 Å². The SMILES string of the molecule is CCOc1ccc(/C=C(\C#N)C(=O)Nc2ccc(F)cc2)cc1OC. The number of anilines is 1. The lowest BCUT2D eigenvalue weighted by atomic mass is 10.1. The van der Waals surface area contributed by atoms with Crippen LogP contribution in [-0.2, 0) is 4.79 Å². The fourth-order valence-corrected chi connectivity index (χ4v) is 2.10. The summed E-state index contributed by atoms with van der Waals surface area (Å²) in [7, 11) is 1.51. The Morgan fingerprint density at radius 1 is 1.24 bits per heavy atom. The fourth-order valence-electron chi connectivity index (χ4n) is 2.10. The van der Waals surface area contributed by atoms with E-state index in [0.717, 1.165) is 0 Å². The second-order valence-corrected chi connectivity index (χ2v) is 4.97. The molecule has 0 saturated heterocycles. The zero-order valence-electron chi connectivity index (χ0n) is 13.9. The highest BCUT2D eigenvalue weighted by Gasteiger charge is 2.11. The summed E-state index contributed by atoms with van der Waals surface area (Å²) in [6.45, 7) is 2.36. The van der Waals surface area contributed by atoms with Crippen molar-refractivity contribution < 1.29 is 18.7 Å². The van der Waals surface area contributed by atoms with Gasteiger partial charge >= 0.3 is 0 Å². The van der Waals surface area contributed by atoms with E-state index in [1.165, 1.54) is 37.5 Å². The Bertz CT molecular complexity index is 824. The minimum atomic E-state index is -0.582. The monoisotopic (exact) mass is 340 g/mol. The van der Waals surface area contributed by atoms with Gasteiger partial charge in [0.2, 0.25) is 0 Å². The maximum Gasteiger partial charge on any atom is 0.266 e. The Hall–Kier alpha value is -3.33. The van der Waals surface area contributed by atoms with E-state index in [4.69, 9.17) is 9.47 Å². The topological polar surface area (TPSA) is 71.3 Å². The molecule has 0 unspecified atom stereocenters. The van der Waals surface area contributed by atoms with Crippen LogP contribution in [0.5, 0.6) is 11.5 Å². The van der Waals surface area contributed by atoms with Gasteiger partial charge in [-0.05, 0) is 55.0 Å². The quantitative estimate of drug-likeness (QED) is 0.642. The van der Waals surface area contributed by atoms with Gasteiger partial charge in [-0.25, -0.2) is 4.39 Å². The molecular formula is C19H17FN2O3. The molecule has 0 aliphatic rings. The largest absolute Gasteiger partial charge is 0.493 e. The van der Waals surface area contributed by atoms with Crippen LogP contribution >= 0.6 is 0 Å². The Kier molecular flexibility index (Phi) is 6.13. The van der Waals surface area contributed by atoms with Crippen LogP contribution in [-0.4, -0.2) is 19.6 Å². The third kappa shape index (κ3) is 4.82. The van der Waals surface area contributed by atoms with Gasteiger partial charge in [-0.3, -0.25) is 4.79 Å². The molecule has 6 heteroatoms. The number of benzene rings is 2. The minimum absolute atomic E-state index is 0.0875. The average Bonchev–Trinajstić information content (AvgIpc) is 2.62. The van der Waals surface area contributed by atoms with Gasteiger partial charge in [0.25, 0.3) is 5.91 Å². The van der Waals surface area contributed by atoms with Gasteiger partial charge in [-0.2, -0.15) is 5.26 Å². The number of nitriles is 1. The zero-order chi connectivity index (χ0) is 18.2. The van der Waals surface area contributed by atoms with Gasteiger partial charge in [-0.1, -0.05) is 6.07 Å². The van der Waals surface area contributed by atoms with Gasteiger partial charge in [0.05, 0.1) is 13.7 Å². The van der Waals surface area contributed by atoms with E-state index < -0.39 is 11.7 Å². The van der Waals surface area contributed by atoms with Crippen molar-refractivity contribution in [1.82, 2.24) is 0 Å². The van der Waals surface area contributed by atoms with E-state index >= 15 is 0 Å². The van der Waals surface area contributed by atoms with E-state index in [9.17, 15) is 14.4 Å². The number of carbonyl (C=O) groups is 1. The number of hydrogen-bond donors (Lipinski definition) is 1. The van der Waals surface area contributed by atoms with Crippen molar-refractivity contribution in [3.8, 4) is 17.6 Å². The summed E-state index contributed by atoms with van der Waals surface area (Å²) in [6.07, 6.45) is 1.44. The summed E-state index contributed by atoms with van der Waals surface area (Å²) in [5.74, 6) is 0.0979. The van der Waals surface area contributed by atoms with Crippen molar-refractivity contribution >= 4 is 17.7 Å². The fraction of sp³-hybridized carbons (Fsp3) is 0.158. The first-order valence-electron chi connectivity index (χ1n) is 7.57. The first-order chi connectivity index (χ1) is 12.1. The number of nitrogens with zero attached hydrogens (tertiary/aromatic N) is 1. The molecule has 1 N–H and O–H groups in total. The second kappa shape index (κ2) is 8.50. The van der Waals surface area contributed by atoms with Crippen LogP contribution in [0.15, 0.2) is 48.0 Å². The number of methoxy groups -OCH3 is 1. The molecule has 5 nitrogen and oxygen atoms in total. The van der Waals surface area contributed by atoms with E-state index in [1.54, 1.807) is 18.2 Å². The van der Waals surface area contributed by atoms with Crippen LogP contribution in [0.4, 0.5) is 10.1 Å². The molecule has 0 bridgehead atoms. The third-order valence-electron chi connectivity index (χ3n) is 3.27. The highest BCUT2D eigenvalue weighted by atomic mass is 19.1. The van der Waals surface area contributed by atoms with Crippen molar-refractivity contribution in [1.29, 1.82) is 5.26 Å². The Morgan fingerprint density at radius 3 is 2.56 bits per heavy atom. The van der Waals surface area contributed by atoms with Gasteiger partial charge in [-0.15, -0.1) is 0 Å². The molecule has 0 saturated carbocycles. The smallest absolute Gasteiger partial charge is 0.266 e. The third-order valence-corrected chi connectivity index (χ3v) is 3.27. The molecule has 0 fully saturated rings. The second-order valence-electron chi connectivity index (χ2n) is 4.97. The van der Waals surface area contributed by atoms with Crippen LogP contribution in [0.25, 0.3) is 6.08 Å². The molecule has 0 aromatic heterocycles. The number of nitrogens with one attached hydrogen (secondary N) is 1. The Balaban J connectivity index is 2.22. The molecule has 2 rings (SSSR count). The number of hydrogen-bond acceptors (Lipinski definition) is 4. The van der Waals surface area contributed by atoms with Gasteiger partial charge in [0.1, 0.15) is 17.5 Å². The molecule has 0 heterocycles. The number of amides is 1. The summed E-state index contributed by atoms with van der Waals surface area (Å²) in [5.41, 5.74) is 0.929. The van der Waals surface area contributed by atoms with Crippen LogP contribution in [0, 0.1) is 17.1 Å². The lowest BCUT2D eigenvalue weighted by Crippen LogP contribution is -2.13. The highest BCUT2D eigenvalue weighted by Crippen LogP contribution is 2.29. The van der Waals surface area contributed by atoms with Crippen LogP contribution in [0.3, 0.4) is 0 Å². The molecule has 25 heavy (non-hydrogen) atoms. The average molecular weight is 340 g/mol.